The zero-order chi connectivity index (χ0) is 20.5. The molecule has 1 aromatic heterocycles. The number of nitrogens with one attached hydrogen (secondary N) is 1. The number of nitrogens with zero attached hydrogens (tertiary/aromatic N) is 3. The highest BCUT2D eigenvalue weighted by Gasteiger charge is 2.16. The van der Waals surface area contributed by atoms with Crippen LogP contribution in [0.15, 0.2) is 59.8 Å². The van der Waals surface area contributed by atoms with Crippen LogP contribution < -0.4 is 10.1 Å². The van der Waals surface area contributed by atoms with E-state index in [0.717, 1.165) is 18.5 Å². The summed E-state index contributed by atoms with van der Waals surface area (Å²) >= 11 is 7.52. The number of carbonyl (C=O) groups is 1. The van der Waals surface area contributed by atoms with Gasteiger partial charge in [0.1, 0.15) is 12.4 Å². The number of carbonyl (C=O) groups excluding carboxylic acids is 1. The predicted molar refractivity (Wildman–Crippen MR) is 116 cm³/mol. The van der Waals surface area contributed by atoms with Crippen molar-refractivity contribution in [2.24, 2.45) is 0 Å². The van der Waals surface area contributed by atoms with E-state index in [4.69, 9.17) is 16.3 Å². The molecule has 8 heteroatoms. The van der Waals surface area contributed by atoms with Gasteiger partial charge in [0, 0.05) is 12.2 Å². The van der Waals surface area contributed by atoms with Crippen LogP contribution in [0.5, 0.6) is 5.75 Å². The second kappa shape index (κ2) is 10.9. The summed E-state index contributed by atoms with van der Waals surface area (Å²) in [5, 5.41) is 12.7. The SMILES string of the molecule is CCCCNC(=O)CSc1nnc(COc2ccccc2Cl)n1-c1ccccc1. The minimum absolute atomic E-state index is 0.0140. The Morgan fingerprint density at radius 3 is 2.66 bits per heavy atom. The molecule has 0 fully saturated rings. The van der Waals surface area contributed by atoms with Crippen molar-refractivity contribution in [3.8, 4) is 11.4 Å². The van der Waals surface area contributed by atoms with E-state index in [1.807, 2.05) is 53.1 Å². The molecule has 0 radical (unpaired) electrons. The monoisotopic (exact) mass is 430 g/mol. The standard InChI is InChI=1S/C21H23ClN4O2S/c1-2-3-13-23-20(27)15-29-21-25-24-19(26(21)16-9-5-4-6-10-16)14-28-18-12-8-7-11-17(18)22/h4-12H,2-3,13-15H2,1H3,(H,23,27). The maximum Gasteiger partial charge on any atom is 0.230 e. The number of halogens is 1. The molecule has 3 aromatic rings. The Labute approximate surface area is 179 Å². The predicted octanol–water partition coefficient (Wildman–Crippen LogP) is 4.51. The first-order valence-electron chi connectivity index (χ1n) is 9.45. The van der Waals surface area contributed by atoms with E-state index in [-0.39, 0.29) is 18.3 Å². The van der Waals surface area contributed by atoms with E-state index in [0.29, 0.717) is 28.3 Å². The Hall–Kier alpha value is -2.51. The molecule has 0 atom stereocenters. The summed E-state index contributed by atoms with van der Waals surface area (Å²) in [5.41, 5.74) is 0.907. The minimum atomic E-state index is -0.0140. The first kappa shape index (κ1) is 21.2. The van der Waals surface area contributed by atoms with Gasteiger partial charge in [0.25, 0.3) is 0 Å². The smallest absolute Gasteiger partial charge is 0.230 e. The van der Waals surface area contributed by atoms with Gasteiger partial charge in [-0.15, -0.1) is 10.2 Å². The topological polar surface area (TPSA) is 69.0 Å². The number of aromatic nitrogens is 3. The van der Waals surface area contributed by atoms with E-state index in [9.17, 15) is 4.79 Å². The van der Waals surface area contributed by atoms with Crippen molar-refractivity contribution >= 4 is 29.3 Å². The van der Waals surface area contributed by atoms with Gasteiger partial charge in [-0.25, -0.2) is 0 Å². The van der Waals surface area contributed by atoms with Crippen molar-refractivity contribution in [1.29, 1.82) is 0 Å². The quantitative estimate of drug-likeness (QED) is 0.378. The molecule has 0 saturated heterocycles. The van der Waals surface area contributed by atoms with Gasteiger partial charge < -0.3 is 10.1 Å². The lowest BCUT2D eigenvalue weighted by Gasteiger charge is -2.11. The zero-order valence-corrected chi connectivity index (χ0v) is 17.7. The highest BCUT2D eigenvalue weighted by molar-refractivity contribution is 7.99. The number of amides is 1. The fourth-order valence-corrected chi connectivity index (χ4v) is 3.60. The molecule has 0 unspecified atom stereocenters. The van der Waals surface area contributed by atoms with Crippen LogP contribution in [0.25, 0.3) is 5.69 Å². The lowest BCUT2D eigenvalue weighted by Crippen LogP contribution is -2.26. The van der Waals surface area contributed by atoms with E-state index in [1.165, 1.54) is 11.8 Å². The molecular weight excluding hydrogens is 408 g/mol. The average molecular weight is 431 g/mol. The van der Waals surface area contributed by atoms with Crippen LogP contribution >= 0.6 is 23.4 Å². The maximum absolute atomic E-state index is 12.1. The molecule has 3 rings (SSSR count). The fraction of sp³-hybridized carbons (Fsp3) is 0.286. The van der Waals surface area contributed by atoms with Crippen molar-refractivity contribution in [2.75, 3.05) is 12.3 Å². The van der Waals surface area contributed by atoms with Crippen molar-refractivity contribution in [2.45, 2.75) is 31.5 Å². The molecular formula is C21H23ClN4O2S. The van der Waals surface area contributed by atoms with Gasteiger partial charge in [-0.05, 0) is 30.7 Å². The molecule has 29 heavy (non-hydrogen) atoms. The van der Waals surface area contributed by atoms with Gasteiger partial charge in [0.2, 0.25) is 5.91 Å². The molecule has 6 nitrogen and oxygen atoms in total. The highest BCUT2D eigenvalue weighted by atomic mass is 35.5. The molecule has 2 aromatic carbocycles. The zero-order valence-electron chi connectivity index (χ0n) is 16.2. The third kappa shape index (κ3) is 5.98. The van der Waals surface area contributed by atoms with Crippen molar-refractivity contribution in [3.05, 3.63) is 65.4 Å². The number of para-hydroxylation sites is 2. The van der Waals surface area contributed by atoms with E-state index >= 15 is 0 Å². The molecule has 0 aliphatic heterocycles. The molecule has 0 spiro atoms. The van der Waals surface area contributed by atoms with Gasteiger partial charge in [-0.2, -0.15) is 0 Å². The summed E-state index contributed by atoms with van der Waals surface area (Å²) in [6, 6.07) is 17.1. The van der Waals surface area contributed by atoms with Crippen LogP contribution in [0.1, 0.15) is 25.6 Å². The Morgan fingerprint density at radius 2 is 1.90 bits per heavy atom. The number of hydrogen-bond acceptors (Lipinski definition) is 5. The molecule has 0 saturated carbocycles. The van der Waals surface area contributed by atoms with Gasteiger partial charge >= 0.3 is 0 Å². The van der Waals surface area contributed by atoms with Crippen LogP contribution in [0, 0.1) is 0 Å². The summed E-state index contributed by atoms with van der Waals surface area (Å²) in [4.78, 5) is 12.1. The Balaban J connectivity index is 1.75. The molecule has 0 bridgehead atoms. The molecule has 1 N–H and O–H groups in total. The molecule has 1 heterocycles. The fourth-order valence-electron chi connectivity index (χ4n) is 2.61. The number of hydrogen-bond donors (Lipinski definition) is 1. The summed E-state index contributed by atoms with van der Waals surface area (Å²) < 4.78 is 7.75. The largest absolute Gasteiger partial charge is 0.484 e. The van der Waals surface area contributed by atoms with Crippen LogP contribution in [-0.2, 0) is 11.4 Å². The summed E-state index contributed by atoms with van der Waals surface area (Å²) in [6.45, 7) is 2.99. The first-order valence-corrected chi connectivity index (χ1v) is 10.8. The van der Waals surface area contributed by atoms with Crippen molar-refractivity contribution in [1.82, 2.24) is 20.1 Å². The second-order valence-electron chi connectivity index (χ2n) is 6.28. The van der Waals surface area contributed by atoms with Crippen molar-refractivity contribution < 1.29 is 9.53 Å². The normalized spacial score (nSPS) is 10.7. The molecule has 1 amide bonds. The highest BCUT2D eigenvalue weighted by Crippen LogP contribution is 2.26. The molecule has 152 valence electrons. The summed E-state index contributed by atoms with van der Waals surface area (Å²) in [6.07, 6.45) is 2.02. The average Bonchev–Trinajstić information content (AvgIpc) is 3.15. The van der Waals surface area contributed by atoms with Gasteiger partial charge in [0.15, 0.2) is 11.0 Å². The third-order valence-corrected chi connectivity index (χ3v) is 5.33. The molecule has 0 aliphatic rings. The lowest BCUT2D eigenvalue weighted by molar-refractivity contribution is -0.118. The number of benzene rings is 2. The van der Waals surface area contributed by atoms with Crippen LogP contribution in [0.4, 0.5) is 0 Å². The number of thioether (sulfide) groups is 1. The third-order valence-electron chi connectivity index (χ3n) is 4.09. The number of ether oxygens (including phenoxy) is 1. The second-order valence-corrected chi connectivity index (χ2v) is 7.63. The maximum atomic E-state index is 12.1. The number of unbranched alkanes of at least 4 members (excludes halogenated alkanes) is 1. The Morgan fingerprint density at radius 1 is 1.14 bits per heavy atom. The van der Waals surface area contributed by atoms with Crippen LogP contribution in [0.2, 0.25) is 5.02 Å². The van der Waals surface area contributed by atoms with Gasteiger partial charge in [-0.1, -0.05) is 67.0 Å². The summed E-state index contributed by atoms with van der Waals surface area (Å²) in [7, 11) is 0. The Bertz CT molecular complexity index is 933. The molecule has 0 aliphatic carbocycles. The lowest BCUT2D eigenvalue weighted by atomic mass is 10.3. The summed E-state index contributed by atoms with van der Waals surface area (Å²) in [5.74, 6) is 1.48. The van der Waals surface area contributed by atoms with E-state index < -0.39 is 0 Å². The van der Waals surface area contributed by atoms with Gasteiger partial charge in [0.05, 0.1) is 10.8 Å². The van der Waals surface area contributed by atoms with Gasteiger partial charge in [-0.3, -0.25) is 9.36 Å². The van der Waals surface area contributed by atoms with E-state index in [2.05, 4.69) is 22.4 Å². The minimum Gasteiger partial charge on any atom is -0.484 e. The first-order chi connectivity index (χ1) is 14.2. The van der Waals surface area contributed by atoms with Crippen molar-refractivity contribution in [3.63, 3.8) is 0 Å². The van der Waals surface area contributed by atoms with Crippen LogP contribution in [0.3, 0.4) is 0 Å². The van der Waals surface area contributed by atoms with Crippen LogP contribution in [-0.4, -0.2) is 33.0 Å². The van der Waals surface area contributed by atoms with E-state index in [1.54, 1.807) is 6.07 Å². The number of rotatable bonds is 10. The Kier molecular flexibility index (Phi) is 7.95.